The van der Waals surface area contributed by atoms with Crippen molar-refractivity contribution in [1.82, 2.24) is 20.2 Å². The van der Waals surface area contributed by atoms with E-state index in [2.05, 4.69) is 20.2 Å². The first-order valence-electron chi connectivity index (χ1n) is 5.37. The molecule has 0 unspecified atom stereocenters. The third kappa shape index (κ3) is 2.17. The number of anilines is 1. The van der Waals surface area contributed by atoms with Gasteiger partial charge in [0.2, 0.25) is 11.0 Å². The van der Waals surface area contributed by atoms with E-state index in [1.807, 2.05) is 13.0 Å². The van der Waals surface area contributed by atoms with Crippen molar-refractivity contribution >= 4 is 28.5 Å². The number of aryl methyl sites for hydroxylation is 1. The van der Waals surface area contributed by atoms with Crippen molar-refractivity contribution in [3.8, 4) is 0 Å². The van der Waals surface area contributed by atoms with Gasteiger partial charge < -0.3 is 10.2 Å². The van der Waals surface area contributed by atoms with Crippen LogP contribution in [0.5, 0.6) is 0 Å². The minimum Gasteiger partial charge on any atom is -0.440 e. The van der Waals surface area contributed by atoms with Crippen molar-refractivity contribution in [1.29, 1.82) is 0 Å². The number of H-pyrrole nitrogens is 1. The molecule has 0 saturated heterocycles. The van der Waals surface area contributed by atoms with E-state index in [9.17, 15) is 0 Å². The van der Waals surface area contributed by atoms with Crippen molar-refractivity contribution in [2.24, 2.45) is 0 Å². The molecule has 6 nitrogen and oxygen atoms in total. The summed E-state index contributed by atoms with van der Waals surface area (Å²) < 4.78 is 5.60. The van der Waals surface area contributed by atoms with Gasteiger partial charge in [0.1, 0.15) is 11.3 Å². The van der Waals surface area contributed by atoms with Crippen molar-refractivity contribution in [3.63, 3.8) is 0 Å². The quantitative estimate of drug-likeness (QED) is 0.554. The number of nitrogens with zero attached hydrogens (tertiary/aromatic N) is 3. The maximum atomic E-state index is 5.69. The van der Waals surface area contributed by atoms with Crippen LogP contribution in [0.2, 0.25) is 0 Å². The van der Waals surface area contributed by atoms with Gasteiger partial charge in [-0.3, -0.25) is 5.10 Å². The van der Waals surface area contributed by atoms with Crippen LogP contribution in [0.25, 0.3) is 11.1 Å². The fraction of sp³-hybridized carbons (Fsp3) is 0.182. The molecule has 18 heavy (non-hydrogen) atoms. The van der Waals surface area contributed by atoms with Gasteiger partial charge in [-0.25, -0.2) is 9.97 Å². The van der Waals surface area contributed by atoms with E-state index < -0.39 is 0 Å². The predicted octanol–water partition coefficient (Wildman–Crippen LogP) is 2.13. The van der Waals surface area contributed by atoms with Crippen LogP contribution >= 0.6 is 11.8 Å². The van der Waals surface area contributed by atoms with E-state index >= 15 is 0 Å². The molecule has 2 aromatic heterocycles. The van der Waals surface area contributed by atoms with Crippen molar-refractivity contribution < 1.29 is 4.42 Å². The normalized spacial score (nSPS) is 11.2. The molecule has 92 valence electrons. The molecule has 3 N–H and O–H groups in total. The summed E-state index contributed by atoms with van der Waals surface area (Å²) in [6.45, 7) is 1.86. The zero-order valence-corrected chi connectivity index (χ0v) is 10.5. The highest BCUT2D eigenvalue weighted by molar-refractivity contribution is 7.98. The number of hydrogen-bond donors (Lipinski definition) is 2. The average Bonchev–Trinajstić information content (AvgIpc) is 2.92. The molecule has 0 aliphatic carbocycles. The largest absolute Gasteiger partial charge is 0.440 e. The van der Waals surface area contributed by atoms with Gasteiger partial charge >= 0.3 is 0 Å². The molecule has 0 spiro atoms. The van der Waals surface area contributed by atoms with Crippen molar-refractivity contribution in [2.45, 2.75) is 17.8 Å². The van der Waals surface area contributed by atoms with E-state index in [1.165, 1.54) is 11.8 Å². The third-order valence-corrected chi connectivity index (χ3v) is 3.19. The van der Waals surface area contributed by atoms with Crippen LogP contribution in [0.4, 0.5) is 5.69 Å². The Hall–Kier alpha value is -2.02. The summed E-state index contributed by atoms with van der Waals surface area (Å²) in [5, 5.41) is 7.51. The lowest BCUT2D eigenvalue weighted by Gasteiger charge is -1.90. The lowest BCUT2D eigenvalue weighted by Crippen LogP contribution is -1.83. The Labute approximate surface area is 107 Å². The summed E-state index contributed by atoms with van der Waals surface area (Å²) in [6, 6.07) is 5.41. The number of oxazole rings is 1. The van der Waals surface area contributed by atoms with Crippen LogP contribution in [0.3, 0.4) is 0 Å². The zero-order valence-electron chi connectivity index (χ0n) is 9.67. The first kappa shape index (κ1) is 11.1. The minimum absolute atomic E-state index is 0.589. The summed E-state index contributed by atoms with van der Waals surface area (Å²) >= 11 is 1.47. The first-order valence-corrected chi connectivity index (χ1v) is 6.36. The molecule has 0 saturated carbocycles. The smallest absolute Gasteiger partial charge is 0.208 e. The van der Waals surface area contributed by atoms with Gasteiger partial charge in [-0.2, -0.15) is 0 Å². The molecule has 3 aromatic rings. The summed E-state index contributed by atoms with van der Waals surface area (Å²) in [6.07, 6.45) is 0. The van der Waals surface area contributed by atoms with Crippen LogP contribution in [-0.2, 0) is 5.75 Å². The van der Waals surface area contributed by atoms with Gasteiger partial charge in [-0.05, 0) is 25.1 Å². The molecule has 0 bridgehead atoms. The number of nitrogens with one attached hydrogen (secondary N) is 1. The molecule has 1 aromatic carbocycles. The number of fused-ring (bicyclic) bond motifs is 1. The molecular weight excluding hydrogens is 250 g/mol. The molecule has 2 heterocycles. The Balaban J connectivity index is 1.78. The van der Waals surface area contributed by atoms with Crippen molar-refractivity contribution in [2.75, 3.05) is 5.73 Å². The SMILES string of the molecule is Cc1nc(SCc2nc3cc(N)ccc3o2)n[nH]1. The number of aromatic amines is 1. The van der Waals surface area contributed by atoms with Gasteiger partial charge in [-0.15, -0.1) is 5.10 Å². The molecule has 7 heteroatoms. The molecule has 0 aliphatic rings. The van der Waals surface area contributed by atoms with Gasteiger partial charge in [0.05, 0.1) is 5.75 Å². The lowest BCUT2D eigenvalue weighted by molar-refractivity contribution is 0.556. The molecule has 3 rings (SSSR count). The van der Waals surface area contributed by atoms with Gasteiger partial charge in [0.15, 0.2) is 5.58 Å². The minimum atomic E-state index is 0.589. The molecular formula is C11H11N5OS. The second-order valence-corrected chi connectivity index (χ2v) is 4.77. The number of nitrogen functional groups attached to an aromatic ring is 1. The second-order valence-electron chi connectivity index (χ2n) is 3.83. The summed E-state index contributed by atoms with van der Waals surface area (Å²) in [7, 11) is 0. The Kier molecular flexibility index (Phi) is 2.67. The third-order valence-electron chi connectivity index (χ3n) is 2.36. The number of aromatic nitrogens is 4. The average molecular weight is 261 g/mol. The molecule has 0 amide bonds. The number of hydrogen-bond acceptors (Lipinski definition) is 6. The van der Waals surface area contributed by atoms with E-state index in [0.29, 0.717) is 22.5 Å². The number of benzene rings is 1. The zero-order chi connectivity index (χ0) is 12.5. The highest BCUT2D eigenvalue weighted by Gasteiger charge is 2.08. The van der Waals surface area contributed by atoms with Gasteiger partial charge in [0, 0.05) is 5.69 Å². The second kappa shape index (κ2) is 4.34. The maximum absolute atomic E-state index is 5.69. The fourth-order valence-corrected chi connectivity index (χ4v) is 2.25. The Morgan fingerprint density at radius 3 is 3.06 bits per heavy atom. The van der Waals surface area contributed by atoms with Crippen LogP contribution < -0.4 is 5.73 Å². The summed E-state index contributed by atoms with van der Waals surface area (Å²) in [5.41, 5.74) is 7.89. The number of thioether (sulfide) groups is 1. The fourth-order valence-electron chi connectivity index (χ4n) is 1.57. The molecule has 0 fully saturated rings. The standard InChI is InChI=1S/C11H11N5OS/c1-6-13-11(16-15-6)18-5-10-14-8-4-7(12)2-3-9(8)17-10/h2-4H,5,12H2,1H3,(H,13,15,16). The number of rotatable bonds is 3. The maximum Gasteiger partial charge on any atom is 0.208 e. The monoisotopic (exact) mass is 261 g/mol. The highest BCUT2D eigenvalue weighted by Crippen LogP contribution is 2.23. The first-order chi connectivity index (χ1) is 8.70. The van der Waals surface area contributed by atoms with Crippen LogP contribution in [0.1, 0.15) is 11.7 Å². The Morgan fingerprint density at radius 2 is 2.28 bits per heavy atom. The highest BCUT2D eigenvalue weighted by atomic mass is 32.2. The summed E-state index contributed by atoms with van der Waals surface area (Å²) in [4.78, 5) is 8.56. The summed E-state index contributed by atoms with van der Waals surface area (Å²) in [5.74, 6) is 2.03. The predicted molar refractivity (Wildman–Crippen MR) is 69.1 cm³/mol. The van der Waals surface area contributed by atoms with Crippen LogP contribution in [-0.4, -0.2) is 20.2 Å². The topological polar surface area (TPSA) is 93.6 Å². The number of nitrogens with two attached hydrogens (primary N) is 1. The van der Waals surface area contributed by atoms with Crippen molar-refractivity contribution in [3.05, 3.63) is 29.9 Å². The van der Waals surface area contributed by atoms with Gasteiger partial charge in [-0.1, -0.05) is 11.8 Å². The van der Waals surface area contributed by atoms with E-state index in [1.54, 1.807) is 12.1 Å². The van der Waals surface area contributed by atoms with Crippen LogP contribution in [0.15, 0.2) is 27.8 Å². The van der Waals surface area contributed by atoms with E-state index in [-0.39, 0.29) is 0 Å². The van der Waals surface area contributed by atoms with Crippen LogP contribution in [0, 0.1) is 6.92 Å². The lowest BCUT2D eigenvalue weighted by atomic mass is 10.3. The van der Waals surface area contributed by atoms with Gasteiger partial charge in [0.25, 0.3) is 0 Å². The molecule has 0 aliphatic heterocycles. The van der Waals surface area contributed by atoms with E-state index in [0.717, 1.165) is 16.9 Å². The molecule has 0 radical (unpaired) electrons. The Bertz CT molecular complexity index is 690. The molecule has 0 atom stereocenters. The Morgan fingerprint density at radius 1 is 1.39 bits per heavy atom. The van der Waals surface area contributed by atoms with E-state index in [4.69, 9.17) is 10.2 Å².